The first kappa shape index (κ1) is 6.13. The molecule has 0 unspecified atom stereocenters. The van der Waals surface area contributed by atoms with Crippen LogP contribution in [-0.4, -0.2) is 11.9 Å². The van der Waals surface area contributed by atoms with Gasteiger partial charge >= 0.3 is 0 Å². The first-order chi connectivity index (χ1) is 4.29. The van der Waals surface area contributed by atoms with Gasteiger partial charge in [-0.05, 0) is 0 Å². The van der Waals surface area contributed by atoms with E-state index in [1.165, 1.54) is 6.21 Å². The lowest BCUT2D eigenvalue weighted by molar-refractivity contribution is 0.621. The second kappa shape index (κ2) is 2.53. The average Bonchev–Trinajstić information content (AvgIpc) is 1.93. The van der Waals surface area contributed by atoms with Crippen LogP contribution >= 0.6 is 0 Å². The highest BCUT2D eigenvalue weighted by atomic mass is 19.1. The van der Waals surface area contributed by atoms with E-state index >= 15 is 0 Å². The molecule has 9 heavy (non-hydrogen) atoms. The fourth-order valence-electron chi connectivity index (χ4n) is 0.618. The zero-order valence-electron chi connectivity index (χ0n) is 4.89. The van der Waals surface area contributed by atoms with Gasteiger partial charge in [-0.2, -0.15) is 0 Å². The third-order valence-corrected chi connectivity index (χ3v) is 1.04. The number of halogens is 1. The Labute approximate surface area is 52.6 Å². The van der Waals surface area contributed by atoms with Crippen molar-refractivity contribution < 1.29 is 4.39 Å². The predicted molar refractivity (Wildman–Crippen MR) is 34.6 cm³/mol. The normalized spacial score (nSPS) is 19.2. The summed E-state index contributed by atoms with van der Waals surface area (Å²) < 4.78 is 12.3. The molecule has 1 heterocycles. The number of nitrogens with zero attached hydrogens (tertiary/aromatic N) is 1. The van der Waals surface area contributed by atoms with Crippen molar-refractivity contribution in [3.63, 3.8) is 0 Å². The van der Waals surface area contributed by atoms with Gasteiger partial charge in [0.2, 0.25) is 0 Å². The van der Waals surface area contributed by atoms with E-state index in [0.29, 0.717) is 12.1 Å². The fraction of sp³-hybridized carbons (Fsp3) is 0.333. The molecule has 2 nitrogen and oxygen atoms in total. The van der Waals surface area contributed by atoms with Crippen molar-refractivity contribution in [3.05, 3.63) is 12.0 Å². The van der Waals surface area contributed by atoms with E-state index in [1.54, 1.807) is 0 Å². The highest BCUT2D eigenvalue weighted by molar-refractivity contribution is 5.95. The molecular weight excluding hydrogens is 119 g/mol. The van der Waals surface area contributed by atoms with E-state index in [4.69, 9.17) is 5.41 Å². The van der Waals surface area contributed by atoms with Crippen LogP contribution in [0.3, 0.4) is 0 Å². The maximum Gasteiger partial charge on any atom is 0.124 e. The first-order valence-electron chi connectivity index (χ1n) is 2.71. The molecule has 0 aromatic carbocycles. The first-order valence-corrected chi connectivity index (χ1v) is 2.71. The van der Waals surface area contributed by atoms with Crippen molar-refractivity contribution in [2.24, 2.45) is 4.99 Å². The number of nitrogens with one attached hydrogen (secondary N) is 1. The molecule has 1 aliphatic rings. The topological polar surface area (TPSA) is 36.2 Å². The van der Waals surface area contributed by atoms with Crippen LogP contribution in [0.25, 0.3) is 0 Å². The molecule has 1 N–H and O–H groups in total. The summed E-state index contributed by atoms with van der Waals surface area (Å²) in [6, 6.07) is 0. The number of aliphatic imine (C=N–C) groups is 1. The minimum absolute atomic E-state index is 0.125. The second-order valence-corrected chi connectivity index (χ2v) is 1.89. The van der Waals surface area contributed by atoms with Crippen LogP contribution in [0.4, 0.5) is 4.39 Å². The van der Waals surface area contributed by atoms with Crippen molar-refractivity contribution in [2.75, 3.05) is 0 Å². The van der Waals surface area contributed by atoms with Gasteiger partial charge in [0.05, 0.1) is 6.20 Å². The molecule has 0 aromatic rings. The van der Waals surface area contributed by atoms with Gasteiger partial charge < -0.3 is 5.41 Å². The molecule has 0 spiro atoms. The summed E-state index contributed by atoms with van der Waals surface area (Å²) in [5, 5.41) is 7.09. The minimum atomic E-state index is -0.325. The van der Waals surface area contributed by atoms with Crippen LogP contribution < -0.4 is 0 Å². The monoisotopic (exact) mass is 126 g/mol. The third kappa shape index (κ3) is 1.76. The molecule has 1 rings (SSSR count). The summed E-state index contributed by atoms with van der Waals surface area (Å²) in [6.45, 7) is 0. The van der Waals surface area contributed by atoms with Crippen molar-refractivity contribution in [1.29, 1.82) is 5.41 Å². The fourth-order valence-corrected chi connectivity index (χ4v) is 0.618. The highest BCUT2D eigenvalue weighted by Gasteiger charge is 2.01. The molecular formula is C6H7FN2. The summed E-state index contributed by atoms with van der Waals surface area (Å²) in [5.74, 6) is -0.325. The zero-order chi connectivity index (χ0) is 6.69. The van der Waals surface area contributed by atoms with Gasteiger partial charge in [0.25, 0.3) is 0 Å². The van der Waals surface area contributed by atoms with E-state index in [9.17, 15) is 4.39 Å². The second-order valence-electron chi connectivity index (χ2n) is 1.89. The standard InChI is InChI=1S/C6H7FN2/c7-5-3-6(8)1-2-9-4-5/h2,4,8H,1,3H2. The van der Waals surface area contributed by atoms with E-state index in [-0.39, 0.29) is 12.2 Å². The minimum Gasteiger partial charge on any atom is -0.309 e. The predicted octanol–water partition coefficient (Wildman–Crippen LogP) is 1.68. The molecule has 0 amide bonds. The van der Waals surface area contributed by atoms with Gasteiger partial charge in [0.1, 0.15) is 5.83 Å². The van der Waals surface area contributed by atoms with E-state index in [1.807, 2.05) is 0 Å². The van der Waals surface area contributed by atoms with E-state index in [2.05, 4.69) is 4.99 Å². The molecule has 0 radical (unpaired) electrons. The Morgan fingerprint density at radius 1 is 1.67 bits per heavy atom. The van der Waals surface area contributed by atoms with Crippen molar-refractivity contribution in [3.8, 4) is 0 Å². The molecule has 3 heteroatoms. The van der Waals surface area contributed by atoms with Crippen molar-refractivity contribution >= 4 is 11.9 Å². The summed E-state index contributed by atoms with van der Waals surface area (Å²) >= 11 is 0. The van der Waals surface area contributed by atoms with Crippen LogP contribution in [0.15, 0.2) is 17.0 Å². The molecule has 0 saturated heterocycles. The Morgan fingerprint density at radius 3 is 3.22 bits per heavy atom. The van der Waals surface area contributed by atoms with Crippen LogP contribution in [0, 0.1) is 5.41 Å². The summed E-state index contributed by atoms with van der Waals surface area (Å²) in [6.07, 6.45) is 3.29. The smallest absolute Gasteiger partial charge is 0.124 e. The van der Waals surface area contributed by atoms with Crippen molar-refractivity contribution in [1.82, 2.24) is 0 Å². The maximum absolute atomic E-state index is 12.3. The van der Waals surface area contributed by atoms with Crippen LogP contribution in [-0.2, 0) is 0 Å². The van der Waals surface area contributed by atoms with Gasteiger partial charge in [-0.25, -0.2) is 4.39 Å². The van der Waals surface area contributed by atoms with Gasteiger partial charge in [0.15, 0.2) is 0 Å². The summed E-state index contributed by atoms with van der Waals surface area (Å²) in [7, 11) is 0. The quantitative estimate of drug-likeness (QED) is 0.512. The SMILES string of the molecule is N=C1CC=NC=C(F)C1. The molecule has 0 saturated carbocycles. The lowest BCUT2D eigenvalue weighted by atomic mass is 10.2. The number of allylic oxidation sites excluding steroid dienone is 1. The molecule has 0 atom stereocenters. The molecule has 0 bridgehead atoms. The Hall–Kier alpha value is -0.990. The molecule has 0 fully saturated rings. The van der Waals surface area contributed by atoms with Crippen molar-refractivity contribution in [2.45, 2.75) is 12.8 Å². The Kier molecular flexibility index (Phi) is 1.72. The van der Waals surface area contributed by atoms with Gasteiger partial charge in [-0.3, -0.25) is 4.99 Å². The molecule has 48 valence electrons. The van der Waals surface area contributed by atoms with Gasteiger partial charge in [-0.15, -0.1) is 0 Å². The van der Waals surface area contributed by atoms with E-state index in [0.717, 1.165) is 6.20 Å². The maximum atomic E-state index is 12.3. The molecule has 1 aliphatic heterocycles. The lowest BCUT2D eigenvalue weighted by Gasteiger charge is -1.91. The van der Waals surface area contributed by atoms with Crippen LogP contribution in [0.2, 0.25) is 0 Å². The number of hydrogen-bond acceptors (Lipinski definition) is 2. The van der Waals surface area contributed by atoms with E-state index < -0.39 is 0 Å². The largest absolute Gasteiger partial charge is 0.309 e. The molecule has 0 aromatic heterocycles. The summed E-state index contributed by atoms with van der Waals surface area (Å²) in [4.78, 5) is 3.60. The molecule has 0 aliphatic carbocycles. The van der Waals surface area contributed by atoms with Crippen LogP contribution in [0.5, 0.6) is 0 Å². The summed E-state index contributed by atoms with van der Waals surface area (Å²) in [5.41, 5.74) is 0.380. The lowest BCUT2D eigenvalue weighted by Crippen LogP contribution is -1.94. The average molecular weight is 126 g/mol. The zero-order valence-corrected chi connectivity index (χ0v) is 4.89. The Morgan fingerprint density at radius 2 is 2.44 bits per heavy atom. The van der Waals surface area contributed by atoms with Gasteiger partial charge in [0, 0.05) is 24.8 Å². The number of rotatable bonds is 0. The number of hydrogen-bond donors (Lipinski definition) is 1. The third-order valence-electron chi connectivity index (χ3n) is 1.04. The van der Waals surface area contributed by atoms with Gasteiger partial charge in [-0.1, -0.05) is 0 Å². The Balaban J connectivity index is 2.69. The van der Waals surface area contributed by atoms with Crippen LogP contribution in [0.1, 0.15) is 12.8 Å². The Bertz CT molecular complexity index is 181. The highest BCUT2D eigenvalue weighted by Crippen LogP contribution is 2.07.